The predicted octanol–water partition coefficient (Wildman–Crippen LogP) is 0.997. The van der Waals surface area contributed by atoms with E-state index in [-0.39, 0.29) is 11.6 Å². The number of anilines is 1. The number of carbonyl (C=O) groups is 2. The van der Waals surface area contributed by atoms with Gasteiger partial charge in [-0.25, -0.2) is 4.79 Å². The van der Waals surface area contributed by atoms with Crippen LogP contribution in [0.2, 0.25) is 0 Å². The van der Waals surface area contributed by atoms with Crippen LogP contribution in [0.3, 0.4) is 0 Å². The number of amides is 1. The van der Waals surface area contributed by atoms with Gasteiger partial charge in [0.15, 0.2) is 5.69 Å². The molecular formula is C12H15N5O3. The van der Waals surface area contributed by atoms with Gasteiger partial charge in [-0.3, -0.25) is 14.2 Å². The van der Waals surface area contributed by atoms with Crippen LogP contribution in [0.1, 0.15) is 30.4 Å². The van der Waals surface area contributed by atoms with E-state index in [1.54, 1.807) is 24.0 Å². The summed E-state index contributed by atoms with van der Waals surface area (Å²) in [5.41, 5.74) is 0.498. The summed E-state index contributed by atoms with van der Waals surface area (Å²) in [6, 6.07) is 0.731. The van der Waals surface area contributed by atoms with E-state index in [1.165, 1.54) is 16.9 Å². The molecule has 1 amide bonds. The molecule has 2 aromatic rings. The molecule has 0 aromatic carbocycles. The molecule has 0 aliphatic heterocycles. The van der Waals surface area contributed by atoms with Crippen molar-refractivity contribution in [1.82, 2.24) is 19.6 Å². The number of hydrogen-bond acceptors (Lipinski definition) is 4. The number of aromatic nitrogens is 4. The van der Waals surface area contributed by atoms with Gasteiger partial charge >= 0.3 is 5.97 Å². The number of nitrogens with one attached hydrogen (secondary N) is 1. The first kappa shape index (κ1) is 13.8. The summed E-state index contributed by atoms with van der Waals surface area (Å²) >= 11 is 0. The Morgan fingerprint density at radius 3 is 2.80 bits per heavy atom. The summed E-state index contributed by atoms with van der Waals surface area (Å²) in [6.07, 6.45) is 4.74. The fourth-order valence-electron chi connectivity index (χ4n) is 1.64. The Hall–Kier alpha value is -2.64. The lowest BCUT2D eigenvalue weighted by molar-refractivity contribution is -0.119. The molecule has 0 spiro atoms. The molecule has 20 heavy (non-hydrogen) atoms. The molecular weight excluding hydrogens is 262 g/mol. The Kier molecular flexibility index (Phi) is 3.83. The number of carboxylic acids is 1. The van der Waals surface area contributed by atoms with E-state index in [1.807, 2.05) is 6.92 Å². The van der Waals surface area contributed by atoms with Crippen molar-refractivity contribution in [2.45, 2.75) is 26.4 Å². The van der Waals surface area contributed by atoms with Gasteiger partial charge in [0.05, 0.1) is 11.9 Å². The quantitative estimate of drug-likeness (QED) is 0.848. The molecule has 2 N–H and O–H groups in total. The predicted molar refractivity (Wildman–Crippen MR) is 70.4 cm³/mol. The first-order valence-corrected chi connectivity index (χ1v) is 6.13. The van der Waals surface area contributed by atoms with Gasteiger partial charge < -0.3 is 10.4 Å². The first-order valence-electron chi connectivity index (χ1n) is 6.13. The normalized spacial score (nSPS) is 12.1. The molecule has 8 heteroatoms. The zero-order valence-corrected chi connectivity index (χ0v) is 11.1. The Labute approximate surface area is 115 Å². The molecule has 2 rings (SSSR count). The Bertz CT molecular complexity index is 631. The zero-order valence-electron chi connectivity index (χ0n) is 11.1. The number of aromatic carboxylic acids is 1. The molecule has 1 atom stereocenters. The van der Waals surface area contributed by atoms with Crippen molar-refractivity contribution in [2.24, 2.45) is 0 Å². The van der Waals surface area contributed by atoms with Crippen molar-refractivity contribution < 1.29 is 14.7 Å². The lowest BCUT2D eigenvalue weighted by Crippen LogP contribution is -2.24. The SMILES string of the molecule is CCn1cc(NC(=O)C(C)n2ccc(C(=O)O)n2)cn1. The van der Waals surface area contributed by atoms with E-state index in [4.69, 9.17) is 5.11 Å². The molecule has 106 valence electrons. The third-order valence-electron chi connectivity index (χ3n) is 2.83. The number of aryl methyl sites for hydroxylation is 1. The van der Waals surface area contributed by atoms with Gasteiger partial charge in [0.2, 0.25) is 5.91 Å². The van der Waals surface area contributed by atoms with E-state index in [9.17, 15) is 9.59 Å². The number of nitrogens with zero attached hydrogens (tertiary/aromatic N) is 4. The van der Waals surface area contributed by atoms with Crippen LogP contribution in [0, 0.1) is 0 Å². The number of rotatable bonds is 5. The minimum absolute atomic E-state index is 0.0940. The average molecular weight is 277 g/mol. The van der Waals surface area contributed by atoms with Crippen LogP contribution in [-0.4, -0.2) is 36.5 Å². The van der Waals surface area contributed by atoms with Crippen LogP contribution in [0.4, 0.5) is 5.69 Å². The minimum atomic E-state index is -1.12. The second-order valence-corrected chi connectivity index (χ2v) is 4.24. The Morgan fingerprint density at radius 1 is 1.50 bits per heavy atom. The average Bonchev–Trinajstić information content (AvgIpc) is 3.06. The number of hydrogen-bond donors (Lipinski definition) is 2. The van der Waals surface area contributed by atoms with Crippen LogP contribution in [0.5, 0.6) is 0 Å². The van der Waals surface area contributed by atoms with E-state index >= 15 is 0 Å². The van der Waals surface area contributed by atoms with Crippen molar-refractivity contribution in [2.75, 3.05) is 5.32 Å². The van der Waals surface area contributed by atoms with E-state index in [0.29, 0.717) is 12.2 Å². The van der Waals surface area contributed by atoms with Crippen molar-refractivity contribution >= 4 is 17.6 Å². The summed E-state index contributed by atoms with van der Waals surface area (Å²) in [4.78, 5) is 22.8. The maximum absolute atomic E-state index is 12.0. The minimum Gasteiger partial charge on any atom is -0.476 e. The fourth-order valence-corrected chi connectivity index (χ4v) is 1.64. The maximum Gasteiger partial charge on any atom is 0.356 e. The van der Waals surface area contributed by atoms with Gasteiger partial charge in [0.25, 0.3) is 0 Å². The second kappa shape index (κ2) is 5.55. The standard InChI is InChI=1S/C12H15N5O3/c1-3-16-7-9(6-13-16)14-11(18)8(2)17-5-4-10(15-17)12(19)20/h4-8H,3H2,1-2H3,(H,14,18)(H,19,20). The molecule has 8 nitrogen and oxygen atoms in total. The molecule has 0 saturated carbocycles. The van der Waals surface area contributed by atoms with Crippen molar-refractivity contribution in [1.29, 1.82) is 0 Å². The van der Waals surface area contributed by atoms with Crippen LogP contribution >= 0.6 is 0 Å². The third-order valence-corrected chi connectivity index (χ3v) is 2.83. The fraction of sp³-hybridized carbons (Fsp3) is 0.333. The summed E-state index contributed by atoms with van der Waals surface area (Å²) < 4.78 is 3.00. The molecule has 2 heterocycles. The van der Waals surface area contributed by atoms with Gasteiger partial charge in [0.1, 0.15) is 6.04 Å². The number of carboxylic acid groups (broad SMARTS) is 1. The Morgan fingerprint density at radius 2 is 2.25 bits per heavy atom. The zero-order chi connectivity index (χ0) is 14.7. The maximum atomic E-state index is 12.0. The Balaban J connectivity index is 2.05. The highest BCUT2D eigenvalue weighted by Gasteiger charge is 2.18. The highest BCUT2D eigenvalue weighted by Crippen LogP contribution is 2.11. The lowest BCUT2D eigenvalue weighted by Gasteiger charge is -2.11. The van der Waals surface area contributed by atoms with E-state index < -0.39 is 12.0 Å². The van der Waals surface area contributed by atoms with E-state index in [2.05, 4.69) is 15.5 Å². The molecule has 2 aromatic heterocycles. The van der Waals surface area contributed by atoms with Crippen LogP contribution in [-0.2, 0) is 11.3 Å². The topological polar surface area (TPSA) is 102 Å². The van der Waals surface area contributed by atoms with Gasteiger partial charge in [-0.2, -0.15) is 10.2 Å². The first-order chi connectivity index (χ1) is 9.51. The van der Waals surface area contributed by atoms with Gasteiger partial charge in [-0.05, 0) is 19.9 Å². The monoisotopic (exact) mass is 277 g/mol. The highest BCUT2D eigenvalue weighted by atomic mass is 16.4. The second-order valence-electron chi connectivity index (χ2n) is 4.24. The number of carbonyl (C=O) groups excluding carboxylic acids is 1. The summed E-state index contributed by atoms with van der Waals surface area (Å²) in [7, 11) is 0. The van der Waals surface area contributed by atoms with Gasteiger partial charge in [-0.1, -0.05) is 0 Å². The molecule has 0 fully saturated rings. The largest absolute Gasteiger partial charge is 0.476 e. The molecule has 0 radical (unpaired) electrons. The van der Waals surface area contributed by atoms with E-state index in [0.717, 1.165) is 0 Å². The highest BCUT2D eigenvalue weighted by molar-refractivity contribution is 5.93. The molecule has 1 unspecified atom stereocenters. The lowest BCUT2D eigenvalue weighted by atomic mass is 10.3. The van der Waals surface area contributed by atoms with Crippen LogP contribution in [0.15, 0.2) is 24.7 Å². The molecule has 0 aliphatic carbocycles. The van der Waals surface area contributed by atoms with Gasteiger partial charge in [-0.15, -0.1) is 0 Å². The van der Waals surface area contributed by atoms with Crippen molar-refractivity contribution in [3.05, 3.63) is 30.4 Å². The third kappa shape index (κ3) is 2.85. The van der Waals surface area contributed by atoms with Crippen molar-refractivity contribution in [3.63, 3.8) is 0 Å². The smallest absolute Gasteiger partial charge is 0.356 e. The summed E-state index contributed by atoms with van der Waals surface area (Å²) in [5.74, 6) is -1.42. The van der Waals surface area contributed by atoms with Crippen LogP contribution < -0.4 is 5.32 Å². The summed E-state index contributed by atoms with van der Waals surface area (Å²) in [5, 5.41) is 19.4. The molecule has 0 aliphatic rings. The van der Waals surface area contributed by atoms with Crippen molar-refractivity contribution in [3.8, 4) is 0 Å². The summed E-state index contributed by atoms with van der Waals surface area (Å²) in [6.45, 7) is 4.29. The molecule has 0 saturated heterocycles. The van der Waals surface area contributed by atoms with Gasteiger partial charge in [0, 0.05) is 18.9 Å². The van der Waals surface area contributed by atoms with Crippen LogP contribution in [0.25, 0.3) is 0 Å². The molecule has 0 bridgehead atoms.